The second kappa shape index (κ2) is 15.4. The number of hydrogen-bond donors (Lipinski definition) is 2. The van der Waals surface area contributed by atoms with Crippen LogP contribution in [0.2, 0.25) is 0 Å². The highest BCUT2D eigenvalue weighted by Gasteiger charge is 2.10. The van der Waals surface area contributed by atoms with Gasteiger partial charge in [-0.15, -0.1) is 22.9 Å². The van der Waals surface area contributed by atoms with Gasteiger partial charge in [0.1, 0.15) is 4.88 Å². The van der Waals surface area contributed by atoms with Crippen LogP contribution in [-0.4, -0.2) is 16.2 Å². The SMILES string of the molecule is CCCCCC(O)c1ccc([C@@H](Cl)CCCC)cc1.CCCc1ccc(C(=O)O)s1. The van der Waals surface area contributed by atoms with E-state index in [9.17, 15) is 9.90 Å². The molecule has 2 N–H and O–H groups in total. The van der Waals surface area contributed by atoms with E-state index < -0.39 is 5.97 Å². The van der Waals surface area contributed by atoms with E-state index >= 15 is 0 Å². The quantitative estimate of drug-likeness (QED) is 0.252. The normalized spacial score (nSPS) is 12.7. The number of aliphatic hydroxyl groups is 1. The van der Waals surface area contributed by atoms with Crippen molar-refractivity contribution in [1.82, 2.24) is 0 Å². The van der Waals surface area contributed by atoms with Gasteiger partial charge in [0.15, 0.2) is 0 Å². The second-order valence-electron chi connectivity index (χ2n) is 7.61. The number of aliphatic hydroxyl groups excluding tert-OH is 1. The third kappa shape index (κ3) is 10.1. The van der Waals surface area contributed by atoms with Crippen LogP contribution in [0.15, 0.2) is 36.4 Å². The number of benzene rings is 1. The number of carboxylic acids is 1. The van der Waals surface area contributed by atoms with Crippen LogP contribution in [0.25, 0.3) is 0 Å². The number of carboxylic acid groups (broad SMARTS) is 1. The Bertz CT molecular complexity index is 711. The van der Waals surface area contributed by atoms with Crippen LogP contribution in [0.3, 0.4) is 0 Å². The van der Waals surface area contributed by atoms with Crippen molar-refractivity contribution in [2.75, 3.05) is 0 Å². The average Bonchev–Trinajstić information content (AvgIpc) is 3.22. The summed E-state index contributed by atoms with van der Waals surface area (Å²) in [6.45, 7) is 6.44. The predicted octanol–water partition coefficient (Wildman–Crippen LogP) is 8.17. The molecular weight excluding hydrogens is 416 g/mol. The summed E-state index contributed by atoms with van der Waals surface area (Å²) >= 11 is 7.72. The van der Waals surface area contributed by atoms with Gasteiger partial charge < -0.3 is 10.2 Å². The fraction of sp³-hybridized carbons (Fsp3) is 0.560. The smallest absolute Gasteiger partial charge is 0.345 e. The van der Waals surface area contributed by atoms with E-state index in [2.05, 4.69) is 32.9 Å². The Labute approximate surface area is 191 Å². The van der Waals surface area contributed by atoms with Crippen LogP contribution in [0, 0.1) is 0 Å². The standard InChI is InChI=1S/C17H27ClO.C8H10O2S/c1-3-5-7-9-17(19)15-12-10-14(11-13-15)16(18)8-6-4-2;1-2-3-6-4-5-7(11-6)8(9)10/h10-13,16-17,19H,3-9H2,1-2H3;4-5H,2-3H2,1H3,(H,9,10)/t16-,17?;/m0./s1. The first-order chi connectivity index (χ1) is 14.4. The number of alkyl halides is 1. The highest BCUT2D eigenvalue weighted by atomic mass is 35.5. The first-order valence-electron chi connectivity index (χ1n) is 11.2. The van der Waals surface area contributed by atoms with Gasteiger partial charge in [0.2, 0.25) is 0 Å². The van der Waals surface area contributed by atoms with Gasteiger partial charge in [-0.2, -0.15) is 0 Å². The summed E-state index contributed by atoms with van der Waals surface area (Å²) in [5, 5.41) is 18.8. The Morgan fingerprint density at radius 3 is 2.07 bits per heavy atom. The molecule has 1 aromatic heterocycles. The van der Waals surface area contributed by atoms with Crippen LogP contribution in [-0.2, 0) is 6.42 Å². The van der Waals surface area contributed by atoms with E-state index in [4.69, 9.17) is 16.7 Å². The van der Waals surface area contributed by atoms with E-state index in [1.165, 1.54) is 36.2 Å². The van der Waals surface area contributed by atoms with Gasteiger partial charge >= 0.3 is 5.97 Å². The van der Waals surface area contributed by atoms with Crippen molar-refractivity contribution in [3.63, 3.8) is 0 Å². The van der Waals surface area contributed by atoms with Gasteiger partial charge in [0, 0.05) is 4.88 Å². The highest BCUT2D eigenvalue weighted by molar-refractivity contribution is 7.13. The number of carbonyl (C=O) groups is 1. The highest BCUT2D eigenvalue weighted by Crippen LogP contribution is 2.28. The van der Waals surface area contributed by atoms with Crippen molar-refractivity contribution >= 4 is 28.9 Å². The Morgan fingerprint density at radius 2 is 1.53 bits per heavy atom. The summed E-state index contributed by atoms with van der Waals surface area (Å²) in [5.74, 6) is -0.822. The van der Waals surface area contributed by atoms with Gasteiger partial charge in [0.25, 0.3) is 0 Å². The lowest BCUT2D eigenvalue weighted by Crippen LogP contribution is -1.98. The molecule has 1 aromatic carbocycles. The summed E-state index contributed by atoms with van der Waals surface area (Å²) in [6.07, 6.45) is 9.42. The zero-order valence-electron chi connectivity index (χ0n) is 18.6. The molecule has 30 heavy (non-hydrogen) atoms. The molecule has 0 amide bonds. The van der Waals surface area contributed by atoms with Gasteiger partial charge in [-0.1, -0.05) is 83.6 Å². The molecule has 1 unspecified atom stereocenters. The molecule has 0 aliphatic heterocycles. The maximum absolute atomic E-state index is 10.4. The minimum Gasteiger partial charge on any atom is -0.477 e. The molecule has 0 bridgehead atoms. The number of thiophene rings is 1. The van der Waals surface area contributed by atoms with Gasteiger partial charge in [0.05, 0.1) is 11.5 Å². The zero-order valence-corrected chi connectivity index (χ0v) is 20.1. The van der Waals surface area contributed by atoms with Crippen LogP contribution in [0.4, 0.5) is 0 Å². The molecule has 2 atom stereocenters. The van der Waals surface area contributed by atoms with Gasteiger partial charge in [-0.3, -0.25) is 0 Å². The van der Waals surface area contributed by atoms with E-state index in [-0.39, 0.29) is 11.5 Å². The lowest BCUT2D eigenvalue weighted by Gasteiger charge is -2.13. The molecular formula is C25H37ClO3S. The molecule has 3 nitrogen and oxygen atoms in total. The zero-order chi connectivity index (χ0) is 22.4. The summed E-state index contributed by atoms with van der Waals surface area (Å²) in [6, 6.07) is 11.7. The first kappa shape index (κ1) is 26.7. The summed E-state index contributed by atoms with van der Waals surface area (Å²) in [4.78, 5) is 12.0. The monoisotopic (exact) mass is 452 g/mol. The molecule has 0 saturated heterocycles. The maximum atomic E-state index is 10.4. The lowest BCUT2D eigenvalue weighted by atomic mass is 10.00. The lowest BCUT2D eigenvalue weighted by molar-refractivity contribution is 0.0702. The molecule has 2 rings (SSSR count). The third-order valence-electron chi connectivity index (χ3n) is 4.94. The van der Waals surface area contributed by atoms with Crippen molar-refractivity contribution in [2.24, 2.45) is 0 Å². The minimum atomic E-state index is -0.822. The number of aryl methyl sites for hydroxylation is 1. The number of aromatic carboxylic acids is 1. The summed E-state index contributed by atoms with van der Waals surface area (Å²) in [7, 11) is 0. The largest absolute Gasteiger partial charge is 0.477 e. The second-order valence-corrected chi connectivity index (χ2v) is 9.30. The molecule has 168 valence electrons. The molecule has 0 aliphatic rings. The Hall–Kier alpha value is -1.36. The first-order valence-corrected chi connectivity index (χ1v) is 12.4. The van der Waals surface area contributed by atoms with Gasteiger partial charge in [-0.25, -0.2) is 4.79 Å². The maximum Gasteiger partial charge on any atom is 0.345 e. The van der Waals surface area contributed by atoms with E-state index in [1.807, 2.05) is 18.2 Å². The predicted molar refractivity (Wildman–Crippen MR) is 129 cm³/mol. The Kier molecular flexibility index (Phi) is 13.7. The third-order valence-corrected chi connectivity index (χ3v) is 6.55. The molecule has 0 saturated carbocycles. The van der Waals surface area contributed by atoms with Crippen molar-refractivity contribution < 1.29 is 15.0 Å². The number of rotatable bonds is 12. The van der Waals surface area contributed by atoms with Crippen LogP contribution in [0.5, 0.6) is 0 Å². The minimum absolute atomic E-state index is 0.103. The summed E-state index contributed by atoms with van der Waals surface area (Å²) < 4.78 is 0. The van der Waals surface area contributed by atoms with E-state index in [1.54, 1.807) is 6.07 Å². The van der Waals surface area contributed by atoms with Gasteiger partial charge in [-0.05, 0) is 42.5 Å². The van der Waals surface area contributed by atoms with Crippen molar-refractivity contribution in [3.05, 3.63) is 57.3 Å². The molecule has 5 heteroatoms. The van der Waals surface area contributed by atoms with Crippen LogP contribution < -0.4 is 0 Å². The number of halogens is 1. The molecule has 2 aromatic rings. The van der Waals surface area contributed by atoms with Crippen molar-refractivity contribution in [2.45, 2.75) is 90.0 Å². The topological polar surface area (TPSA) is 57.5 Å². The van der Waals surface area contributed by atoms with Crippen LogP contribution in [0.1, 0.15) is 109 Å². The van der Waals surface area contributed by atoms with E-state index in [0.29, 0.717) is 4.88 Å². The number of hydrogen-bond acceptors (Lipinski definition) is 3. The Morgan fingerprint density at radius 1 is 0.900 bits per heavy atom. The fourth-order valence-corrected chi connectivity index (χ4v) is 4.35. The van der Waals surface area contributed by atoms with Crippen molar-refractivity contribution in [3.8, 4) is 0 Å². The average molecular weight is 453 g/mol. The van der Waals surface area contributed by atoms with E-state index in [0.717, 1.165) is 49.0 Å². The molecule has 0 fully saturated rings. The molecule has 1 heterocycles. The molecule has 0 spiro atoms. The van der Waals surface area contributed by atoms with Crippen molar-refractivity contribution in [1.29, 1.82) is 0 Å². The Balaban J connectivity index is 0.000000346. The number of unbranched alkanes of at least 4 members (excludes halogenated alkanes) is 3. The van der Waals surface area contributed by atoms with Crippen LogP contribution >= 0.6 is 22.9 Å². The molecule has 0 radical (unpaired) electrons. The fourth-order valence-electron chi connectivity index (χ4n) is 3.10. The summed E-state index contributed by atoms with van der Waals surface area (Å²) in [5.41, 5.74) is 2.18. The molecule has 0 aliphatic carbocycles.